The van der Waals surface area contributed by atoms with Crippen LogP contribution in [0.2, 0.25) is 0 Å². The van der Waals surface area contributed by atoms with Gasteiger partial charge in [0.05, 0.1) is 34.0 Å². The molecule has 0 amide bonds. The first-order valence-corrected chi connectivity index (χ1v) is 7.69. The second-order valence-corrected chi connectivity index (χ2v) is 5.51. The first-order chi connectivity index (χ1) is 13.3. The SMILES string of the molecule is N#Cc1ccc(-n2cc(COc3ccccc3[N+](=O)[O-])nn2)cc1C(F)(F)F. The lowest BCUT2D eigenvalue weighted by Crippen LogP contribution is -2.09. The van der Waals surface area contributed by atoms with Crippen molar-refractivity contribution in [2.45, 2.75) is 12.8 Å². The second-order valence-electron chi connectivity index (χ2n) is 5.51. The minimum absolute atomic E-state index is 0.0276. The minimum Gasteiger partial charge on any atom is -0.480 e. The van der Waals surface area contributed by atoms with E-state index < -0.39 is 22.2 Å². The van der Waals surface area contributed by atoms with Gasteiger partial charge in [0.2, 0.25) is 0 Å². The zero-order valence-electron chi connectivity index (χ0n) is 13.9. The van der Waals surface area contributed by atoms with Crippen molar-refractivity contribution in [1.29, 1.82) is 5.26 Å². The first kappa shape index (κ1) is 18.8. The van der Waals surface area contributed by atoms with E-state index in [0.29, 0.717) is 0 Å². The Morgan fingerprint density at radius 3 is 2.68 bits per heavy atom. The zero-order chi connectivity index (χ0) is 20.3. The molecule has 0 unspecified atom stereocenters. The Morgan fingerprint density at radius 1 is 1.25 bits per heavy atom. The normalized spacial score (nSPS) is 11.1. The van der Waals surface area contributed by atoms with Gasteiger partial charge in [-0.25, -0.2) is 4.68 Å². The molecular weight excluding hydrogens is 379 g/mol. The number of nitriles is 1. The van der Waals surface area contributed by atoms with E-state index in [0.717, 1.165) is 16.8 Å². The summed E-state index contributed by atoms with van der Waals surface area (Å²) in [5.74, 6) is 0.0276. The lowest BCUT2D eigenvalue weighted by molar-refractivity contribution is -0.385. The molecule has 11 heteroatoms. The van der Waals surface area contributed by atoms with E-state index in [9.17, 15) is 23.3 Å². The van der Waals surface area contributed by atoms with Gasteiger partial charge in [-0.15, -0.1) is 5.10 Å². The number of hydrogen-bond acceptors (Lipinski definition) is 6. The van der Waals surface area contributed by atoms with Crippen LogP contribution in [0.1, 0.15) is 16.8 Å². The molecule has 0 atom stereocenters. The number of nitro benzene ring substituents is 1. The van der Waals surface area contributed by atoms with Crippen LogP contribution in [0.25, 0.3) is 5.69 Å². The summed E-state index contributed by atoms with van der Waals surface area (Å²) in [6, 6.07) is 10.4. The van der Waals surface area contributed by atoms with Crippen molar-refractivity contribution in [3.05, 3.63) is 75.6 Å². The van der Waals surface area contributed by atoms with Gasteiger partial charge in [-0.1, -0.05) is 17.3 Å². The average Bonchev–Trinajstić information content (AvgIpc) is 3.14. The van der Waals surface area contributed by atoms with E-state index in [1.54, 1.807) is 6.07 Å². The summed E-state index contributed by atoms with van der Waals surface area (Å²) in [5.41, 5.74) is -1.51. The van der Waals surface area contributed by atoms with Crippen LogP contribution < -0.4 is 4.74 Å². The number of nitro groups is 1. The number of para-hydroxylation sites is 2. The Morgan fingerprint density at radius 2 is 2.00 bits per heavy atom. The average molecular weight is 389 g/mol. The smallest absolute Gasteiger partial charge is 0.417 e. The predicted octanol–water partition coefficient (Wildman–Crippen LogP) is 3.64. The van der Waals surface area contributed by atoms with Crippen molar-refractivity contribution in [3.8, 4) is 17.5 Å². The highest BCUT2D eigenvalue weighted by molar-refractivity contribution is 5.47. The fourth-order valence-electron chi connectivity index (χ4n) is 2.38. The zero-order valence-corrected chi connectivity index (χ0v) is 13.9. The lowest BCUT2D eigenvalue weighted by Gasteiger charge is -2.10. The van der Waals surface area contributed by atoms with E-state index in [2.05, 4.69) is 10.3 Å². The summed E-state index contributed by atoms with van der Waals surface area (Å²) in [5, 5.41) is 27.3. The molecule has 0 saturated carbocycles. The largest absolute Gasteiger partial charge is 0.480 e. The number of hydrogen-bond donors (Lipinski definition) is 0. The fourth-order valence-corrected chi connectivity index (χ4v) is 2.38. The van der Waals surface area contributed by atoms with Crippen molar-refractivity contribution in [2.24, 2.45) is 0 Å². The van der Waals surface area contributed by atoms with Crippen molar-refractivity contribution in [2.75, 3.05) is 0 Å². The molecule has 0 saturated heterocycles. The molecular formula is C17H10F3N5O3. The molecule has 28 heavy (non-hydrogen) atoms. The van der Waals surface area contributed by atoms with Crippen LogP contribution in [-0.2, 0) is 12.8 Å². The van der Waals surface area contributed by atoms with Gasteiger partial charge < -0.3 is 4.74 Å². The number of ether oxygens (including phenoxy) is 1. The van der Waals surface area contributed by atoms with Gasteiger partial charge in [0.25, 0.3) is 0 Å². The number of rotatable bonds is 5. The molecule has 1 aromatic heterocycles. The van der Waals surface area contributed by atoms with Crippen LogP contribution in [-0.4, -0.2) is 19.9 Å². The third-order valence-electron chi connectivity index (χ3n) is 3.67. The van der Waals surface area contributed by atoms with Gasteiger partial charge in [0.15, 0.2) is 5.75 Å². The maximum atomic E-state index is 13.1. The summed E-state index contributed by atoms with van der Waals surface area (Å²) >= 11 is 0. The maximum Gasteiger partial charge on any atom is 0.417 e. The number of aromatic nitrogens is 3. The highest BCUT2D eigenvalue weighted by atomic mass is 19.4. The van der Waals surface area contributed by atoms with E-state index in [1.807, 2.05) is 0 Å². The summed E-state index contributed by atoms with van der Waals surface area (Å²) in [6.45, 7) is -0.173. The van der Waals surface area contributed by atoms with Gasteiger partial charge >= 0.3 is 11.9 Å². The first-order valence-electron chi connectivity index (χ1n) is 7.69. The number of alkyl halides is 3. The molecule has 1 heterocycles. The van der Waals surface area contributed by atoms with E-state index in [-0.39, 0.29) is 29.4 Å². The predicted molar refractivity (Wildman–Crippen MR) is 88.5 cm³/mol. The van der Waals surface area contributed by atoms with Crippen LogP contribution >= 0.6 is 0 Å². The molecule has 0 aliphatic heterocycles. The number of nitrogens with zero attached hydrogens (tertiary/aromatic N) is 5. The van der Waals surface area contributed by atoms with Gasteiger partial charge in [-0.05, 0) is 24.3 Å². The molecule has 2 aromatic carbocycles. The minimum atomic E-state index is -4.69. The third kappa shape index (κ3) is 3.90. The lowest BCUT2D eigenvalue weighted by atomic mass is 10.1. The second kappa shape index (κ2) is 7.36. The third-order valence-corrected chi connectivity index (χ3v) is 3.67. The van der Waals surface area contributed by atoms with Crippen LogP contribution in [0.15, 0.2) is 48.7 Å². The van der Waals surface area contributed by atoms with Crippen molar-refractivity contribution in [3.63, 3.8) is 0 Å². The van der Waals surface area contributed by atoms with Crippen molar-refractivity contribution < 1.29 is 22.8 Å². The fraction of sp³-hybridized carbons (Fsp3) is 0.118. The molecule has 0 spiro atoms. The summed E-state index contributed by atoms with van der Waals surface area (Å²) in [6.07, 6.45) is -3.36. The monoisotopic (exact) mass is 389 g/mol. The Hall–Kier alpha value is -3.94. The highest BCUT2D eigenvalue weighted by Gasteiger charge is 2.34. The summed E-state index contributed by atoms with van der Waals surface area (Å²) in [7, 11) is 0. The van der Waals surface area contributed by atoms with Crippen LogP contribution in [0, 0.1) is 21.4 Å². The standard InChI is InChI=1S/C17H10F3N5O3/c18-17(19,20)14-7-13(6-5-11(14)8-21)24-9-12(22-23-24)10-28-16-4-2-1-3-15(16)25(26)27/h1-7,9H,10H2. The Labute approximate surface area is 155 Å². The molecule has 142 valence electrons. The summed E-state index contributed by atoms with van der Waals surface area (Å²) in [4.78, 5) is 10.4. The Balaban J connectivity index is 1.82. The van der Waals surface area contributed by atoms with Crippen LogP contribution in [0.3, 0.4) is 0 Å². The quantitative estimate of drug-likeness (QED) is 0.487. The van der Waals surface area contributed by atoms with E-state index in [1.165, 1.54) is 36.5 Å². The highest BCUT2D eigenvalue weighted by Crippen LogP contribution is 2.33. The number of halogens is 3. The van der Waals surface area contributed by atoms with Crippen LogP contribution in [0.4, 0.5) is 18.9 Å². The molecule has 0 aliphatic carbocycles. The molecule has 0 fully saturated rings. The molecule has 3 aromatic rings. The molecule has 8 nitrogen and oxygen atoms in total. The summed E-state index contributed by atoms with van der Waals surface area (Å²) < 4.78 is 45.7. The van der Waals surface area contributed by atoms with E-state index >= 15 is 0 Å². The van der Waals surface area contributed by atoms with Gasteiger partial charge in [-0.2, -0.15) is 18.4 Å². The van der Waals surface area contributed by atoms with Gasteiger partial charge in [0, 0.05) is 6.07 Å². The van der Waals surface area contributed by atoms with Gasteiger partial charge in [0.1, 0.15) is 12.3 Å². The maximum absolute atomic E-state index is 13.1. The van der Waals surface area contributed by atoms with Crippen molar-refractivity contribution in [1.82, 2.24) is 15.0 Å². The Kier molecular flexibility index (Phi) is 4.95. The number of benzene rings is 2. The topological polar surface area (TPSA) is 107 Å². The molecule has 3 rings (SSSR count). The molecule has 0 radical (unpaired) electrons. The molecule has 0 aliphatic rings. The Bertz CT molecular complexity index is 1070. The molecule has 0 N–H and O–H groups in total. The van der Waals surface area contributed by atoms with Crippen molar-refractivity contribution >= 4 is 5.69 Å². The molecule has 0 bridgehead atoms. The van der Waals surface area contributed by atoms with Gasteiger partial charge in [-0.3, -0.25) is 10.1 Å². The van der Waals surface area contributed by atoms with Crippen LogP contribution in [0.5, 0.6) is 5.75 Å². The van der Waals surface area contributed by atoms with E-state index in [4.69, 9.17) is 10.00 Å².